The highest BCUT2D eigenvalue weighted by Gasteiger charge is 2.33. The minimum Gasteiger partial charge on any atom is -0.493 e. The van der Waals surface area contributed by atoms with Crippen LogP contribution in [0.15, 0.2) is 75.2 Å². The average Bonchev–Trinajstić information content (AvgIpc) is 2.82. The normalized spacial score (nSPS) is 11.5. The fraction of sp³-hybridized carbons (Fsp3) is 0.120. The Morgan fingerprint density at radius 3 is 2.43 bits per heavy atom. The number of nitrogens with one attached hydrogen (secondary N) is 1. The van der Waals surface area contributed by atoms with E-state index in [1.165, 1.54) is 25.3 Å². The SMILES string of the molecule is COc1cc(C=C(C#N)C(=O)Nc2ccccc2C(F)(F)F)cc(Br)c1OCc1ccc(Br)cc1. The molecule has 5 nitrogen and oxygen atoms in total. The summed E-state index contributed by atoms with van der Waals surface area (Å²) in [6.45, 7) is 0.266. The lowest BCUT2D eigenvalue weighted by molar-refractivity contribution is -0.137. The van der Waals surface area contributed by atoms with Crippen molar-refractivity contribution in [3.8, 4) is 17.6 Å². The summed E-state index contributed by atoms with van der Waals surface area (Å²) in [6.07, 6.45) is -3.41. The zero-order valence-corrected chi connectivity index (χ0v) is 21.3. The number of rotatable bonds is 7. The summed E-state index contributed by atoms with van der Waals surface area (Å²) in [5, 5.41) is 11.6. The van der Waals surface area contributed by atoms with Crippen molar-refractivity contribution < 1.29 is 27.4 Å². The van der Waals surface area contributed by atoms with Gasteiger partial charge in [-0.2, -0.15) is 18.4 Å². The third-order valence-electron chi connectivity index (χ3n) is 4.70. The van der Waals surface area contributed by atoms with Gasteiger partial charge in [0.25, 0.3) is 5.91 Å². The summed E-state index contributed by atoms with van der Waals surface area (Å²) in [5.74, 6) is -0.229. The molecule has 0 saturated carbocycles. The molecule has 35 heavy (non-hydrogen) atoms. The molecule has 0 aromatic heterocycles. The zero-order chi connectivity index (χ0) is 25.6. The maximum atomic E-state index is 13.2. The van der Waals surface area contributed by atoms with Crippen LogP contribution >= 0.6 is 31.9 Å². The highest BCUT2D eigenvalue weighted by molar-refractivity contribution is 9.10. The Bertz CT molecular complexity index is 1300. The second-order valence-corrected chi connectivity index (χ2v) is 8.89. The molecule has 0 aliphatic rings. The first-order chi connectivity index (χ1) is 16.6. The molecule has 0 bridgehead atoms. The van der Waals surface area contributed by atoms with E-state index in [9.17, 15) is 23.2 Å². The number of nitrogens with zero attached hydrogens (tertiary/aromatic N) is 1. The summed E-state index contributed by atoms with van der Waals surface area (Å²) in [4.78, 5) is 12.6. The molecule has 3 aromatic carbocycles. The summed E-state index contributed by atoms with van der Waals surface area (Å²) < 4.78 is 52.4. The lowest BCUT2D eigenvalue weighted by Crippen LogP contribution is -2.17. The van der Waals surface area contributed by atoms with Crippen LogP contribution in [0.2, 0.25) is 0 Å². The Balaban J connectivity index is 1.84. The molecule has 0 spiro atoms. The summed E-state index contributed by atoms with van der Waals surface area (Å²) in [6, 6.07) is 17.0. The van der Waals surface area contributed by atoms with E-state index < -0.39 is 23.3 Å². The molecule has 0 heterocycles. The fourth-order valence-corrected chi connectivity index (χ4v) is 3.88. The maximum Gasteiger partial charge on any atom is 0.418 e. The van der Waals surface area contributed by atoms with Gasteiger partial charge in [-0.15, -0.1) is 0 Å². The molecule has 0 radical (unpaired) electrons. The summed E-state index contributed by atoms with van der Waals surface area (Å²) in [5.41, 5.74) is -0.516. The predicted octanol–water partition coefficient (Wildman–Crippen LogP) is 7.36. The van der Waals surface area contributed by atoms with Gasteiger partial charge in [0.1, 0.15) is 18.2 Å². The third-order valence-corrected chi connectivity index (χ3v) is 5.82. The number of benzene rings is 3. The highest BCUT2D eigenvalue weighted by Crippen LogP contribution is 2.38. The Labute approximate surface area is 216 Å². The second-order valence-electron chi connectivity index (χ2n) is 7.12. The number of amides is 1. The third kappa shape index (κ3) is 6.87. The molecule has 0 atom stereocenters. The Hall–Kier alpha value is -3.29. The number of alkyl halides is 3. The first-order valence-corrected chi connectivity index (χ1v) is 11.5. The fourth-order valence-electron chi connectivity index (χ4n) is 3.04. The van der Waals surface area contributed by atoms with Gasteiger partial charge < -0.3 is 14.8 Å². The lowest BCUT2D eigenvalue weighted by atomic mass is 10.1. The van der Waals surface area contributed by atoms with Crippen LogP contribution < -0.4 is 14.8 Å². The molecule has 0 aliphatic carbocycles. The van der Waals surface area contributed by atoms with Crippen molar-refractivity contribution in [1.82, 2.24) is 0 Å². The second kappa shape index (κ2) is 11.4. The van der Waals surface area contributed by atoms with Crippen molar-refractivity contribution in [3.63, 3.8) is 0 Å². The van der Waals surface area contributed by atoms with E-state index in [0.29, 0.717) is 21.5 Å². The quantitative estimate of drug-likeness (QED) is 0.224. The van der Waals surface area contributed by atoms with Crippen LogP contribution in [0, 0.1) is 11.3 Å². The summed E-state index contributed by atoms with van der Waals surface area (Å²) in [7, 11) is 1.44. The van der Waals surface area contributed by atoms with Crippen LogP contribution in [0.1, 0.15) is 16.7 Å². The van der Waals surface area contributed by atoms with Gasteiger partial charge in [0.05, 0.1) is 22.8 Å². The number of nitriles is 1. The molecule has 3 aromatic rings. The van der Waals surface area contributed by atoms with Crippen molar-refractivity contribution in [2.24, 2.45) is 0 Å². The molecule has 0 unspecified atom stereocenters. The van der Waals surface area contributed by atoms with Gasteiger partial charge in [0.2, 0.25) is 0 Å². The molecule has 1 N–H and O–H groups in total. The number of hydrogen-bond acceptors (Lipinski definition) is 4. The van der Waals surface area contributed by atoms with Gasteiger partial charge >= 0.3 is 6.18 Å². The van der Waals surface area contributed by atoms with Crippen LogP contribution in [0.25, 0.3) is 6.08 Å². The van der Waals surface area contributed by atoms with Crippen LogP contribution in [-0.4, -0.2) is 13.0 Å². The van der Waals surface area contributed by atoms with Crippen LogP contribution in [-0.2, 0) is 17.6 Å². The minimum absolute atomic E-state index is 0.266. The van der Waals surface area contributed by atoms with Gasteiger partial charge in [-0.25, -0.2) is 0 Å². The van der Waals surface area contributed by atoms with Crippen molar-refractivity contribution in [2.75, 3.05) is 12.4 Å². The number of ether oxygens (including phenoxy) is 2. The number of hydrogen-bond donors (Lipinski definition) is 1. The van der Waals surface area contributed by atoms with Crippen molar-refractivity contribution >= 4 is 49.5 Å². The molecule has 180 valence electrons. The number of anilines is 1. The predicted molar refractivity (Wildman–Crippen MR) is 133 cm³/mol. The number of methoxy groups -OCH3 is 1. The maximum absolute atomic E-state index is 13.2. The van der Waals surface area contributed by atoms with E-state index in [4.69, 9.17) is 9.47 Å². The number of carbonyl (C=O) groups is 1. The molecule has 0 aliphatic heterocycles. The Morgan fingerprint density at radius 2 is 1.80 bits per heavy atom. The average molecular weight is 610 g/mol. The number of para-hydroxylation sites is 1. The topological polar surface area (TPSA) is 71.3 Å². The molecule has 0 saturated heterocycles. The van der Waals surface area contributed by atoms with Gasteiger partial charge in [-0.05, 0) is 69.5 Å². The molecular weight excluding hydrogens is 593 g/mol. The van der Waals surface area contributed by atoms with E-state index >= 15 is 0 Å². The first-order valence-electron chi connectivity index (χ1n) is 9.96. The number of carbonyl (C=O) groups excluding carboxylic acids is 1. The van der Waals surface area contributed by atoms with Crippen molar-refractivity contribution in [3.05, 3.63) is 91.9 Å². The molecule has 3 rings (SSSR count). The van der Waals surface area contributed by atoms with Gasteiger partial charge in [0.15, 0.2) is 11.5 Å². The highest BCUT2D eigenvalue weighted by atomic mass is 79.9. The van der Waals surface area contributed by atoms with Gasteiger partial charge in [-0.1, -0.05) is 40.2 Å². The van der Waals surface area contributed by atoms with Crippen LogP contribution in [0.3, 0.4) is 0 Å². The zero-order valence-electron chi connectivity index (χ0n) is 18.1. The summed E-state index contributed by atoms with van der Waals surface area (Å²) >= 11 is 6.78. The molecule has 1 amide bonds. The Morgan fingerprint density at radius 1 is 1.11 bits per heavy atom. The molecule has 0 fully saturated rings. The largest absolute Gasteiger partial charge is 0.493 e. The van der Waals surface area contributed by atoms with Crippen molar-refractivity contribution in [2.45, 2.75) is 12.8 Å². The van der Waals surface area contributed by atoms with Gasteiger partial charge in [0, 0.05) is 4.47 Å². The minimum atomic E-state index is -4.66. The smallest absolute Gasteiger partial charge is 0.418 e. The monoisotopic (exact) mass is 608 g/mol. The lowest BCUT2D eigenvalue weighted by Gasteiger charge is -2.14. The molecular formula is C25H17Br2F3N2O3. The van der Waals surface area contributed by atoms with Gasteiger partial charge in [-0.3, -0.25) is 4.79 Å². The standard InChI is InChI=1S/C25H17Br2F3N2O3/c1-34-22-12-16(11-20(27)23(22)35-14-15-6-8-18(26)9-7-15)10-17(13-31)24(33)32-21-5-3-2-4-19(21)25(28,29)30/h2-12H,14H2,1H3,(H,32,33). The van der Waals surface area contributed by atoms with Crippen LogP contribution in [0.5, 0.6) is 11.5 Å². The van der Waals surface area contributed by atoms with E-state index in [1.54, 1.807) is 18.2 Å². The van der Waals surface area contributed by atoms with E-state index in [1.807, 2.05) is 24.3 Å². The van der Waals surface area contributed by atoms with E-state index in [0.717, 1.165) is 22.2 Å². The van der Waals surface area contributed by atoms with E-state index in [-0.39, 0.29) is 12.2 Å². The number of halogens is 5. The van der Waals surface area contributed by atoms with E-state index in [2.05, 4.69) is 37.2 Å². The van der Waals surface area contributed by atoms with Crippen molar-refractivity contribution in [1.29, 1.82) is 5.26 Å². The first kappa shape index (κ1) is 26.3. The Kier molecular flexibility index (Phi) is 8.59. The molecule has 10 heteroatoms. The van der Waals surface area contributed by atoms with Crippen LogP contribution in [0.4, 0.5) is 18.9 Å².